The van der Waals surface area contributed by atoms with E-state index in [1.807, 2.05) is 12.3 Å². The molecule has 0 aliphatic carbocycles. The third-order valence-electron chi connectivity index (χ3n) is 3.75. The lowest BCUT2D eigenvalue weighted by molar-refractivity contribution is -0.124. The van der Waals surface area contributed by atoms with E-state index in [0.29, 0.717) is 11.1 Å². The molecule has 0 bridgehead atoms. The number of hydrogen-bond acceptors (Lipinski definition) is 6. The molecule has 0 aromatic heterocycles. The van der Waals surface area contributed by atoms with Crippen LogP contribution in [0.1, 0.15) is 28.9 Å². The average molecular weight is 409 g/mol. The molecule has 0 saturated carbocycles. The van der Waals surface area contributed by atoms with E-state index in [0.717, 1.165) is 4.90 Å². The molecular weight excluding hydrogens is 388 g/mol. The summed E-state index contributed by atoms with van der Waals surface area (Å²) in [5.41, 5.74) is 1.10. The Morgan fingerprint density at radius 3 is 2.37 bits per heavy atom. The Morgan fingerprint density at radius 2 is 1.78 bits per heavy atom. The molecule has 0 radical (unpaired) electrons. The highest BCUT2D eigenvalue weighted by atomic mass is 32.2. The van der Waals surface area contributed by atoms with E-state index in [4.69, 9.17) is 9.88 Å². The van der Waals surface area contributed by atoms with Crippen LogP contribution < -0.4 is 10.5 Å². The van der Waals surface area contributed by atoms with Crippen molar-refractivity contribution in [1.29, 1.82) is 0 Å². The predicted molar refractivity (Wildman–Crippen MR) is 103 cm³/mol. The Balaban J connectivity index is 1.92. The first-order valence-electron chi connectivity index (χ1n) is 7.94. The molecule has 0 spiro atoms. The van der Waals surface area contributed by atoms with Gasteiger partial charge < -0.3 is 10.1 Å². The van der Waals surface area contributed by atoms with E-state index in [-0.39, 0.29) is 4.90 Å². The number of hydrogen-bond donors (Lipinski definition) is 2. The molecule has 144 valence electrons. The number of amides is 1. The van der Waals surface area contributed by atoms with Crippen LogP contribution in [-0.2, 0) is 19.6 Å². The minimum atomic E-state index is -3.77. The van der Waals surface area contributed by atoms with Crippen molar-refractivity contribution in [1.82, 2.24) is 5.32 Å². The quantitative estimate of drug-likeness (QED) is 0.535. The number of rotatable bonds is 7. The maximum atomic E-state index is 12.1. The summed E-state index contributed by atoms with van der Waals surface area (Å²) in [7, 11) is -3.77. The van der Waals surface area contributed by atoms with E-state index in [1.54, 1.807) is 37.3 Å². The van der Waals surface area contributed by atoms with E-state index in [1.165, 1.54) is 23.9 Å². The van der Waals surface area contributed by atoms with Gasteiger partial charge >= 0.3 is 5.97 Å². The number of benzene rings is 2. The zero-order chi connectivity index (χ0) is 20.0. The number of carbonyl (C=O) groups excluding carboxylic acids is 2. The number of nitrogens with two attached hydrogens (primary N) is 1. The van der Waals surface area contributed by atoms with Crippen LogP contribution in [0, 0.1) is 0 Å². The SMILES string of the molecule is CSc1ccccc1C(=O)OCC(=O)N[C@H](C)c1ccc(S(N)(=O)=O)cc1. The standard InChI is InChI=1S/C18H20N2O5S2/c1-12(13-7-9-14(10-8-13)27(19,23)24)20-17(21)11-25-18(22)15-5-3-4-6-16(15)26-2/h3-10,12H,11H2,1-2H3,(H,20,21)(H2,19,23,24)/t12-/m1/s1. The second kappa shape index (κ2) is 9.03. The first-order chi connectivity index (χ1) is 12.7. The molecule has 2 aromatic carbocycles. The Kier molecular flexibility index (Phi) is 7.00. The molecule has 7 nitrogen and oxygen atoms in total. The van der Waals surface area contributed by atoms with Gasteiger partial charge in [0.05, 0.1) is 16.5 Å². The minimum absolute atomic E-state index is 0.00818. The van der Waals surface area contributed by atoms with Crippen LogP contribution >= 0.6 is 11.8 Å². The summed E-state index contributed by atoms with van der Waals surface area (Å²) in [5, 5.41) is 7.74. The summed E-state index contributed by atoms with van der Waals surface area (Å²) in [5.74, 6) is -1.03. The molecule has 1 amide bonds. The minimum Gasteiger partial charge on any atom is -0.452 e. The van der Waals surface area contributed by atoms with Gasteiger partial charge in [0.1, 0.15) is 0 Å². The van der Waals surface area contributed by atoms with Crippen LogP contribution in [0.15, 0.2) is 58.3 Å². The van der Waals surface area contributed by atoms with E-state index >= 15 is 0 Å². The number of ether oxygens (including phenoxy) is 1. The predicted octanol–water partition coefficient (Wildman–Crippen LogP) is 2.09. The van der Waals surface area contributed by atoms with Crippen LogP contribution in [0.25, 0.3) is 0 Å². The van der Waals surface area contributed by atoms with Gasteiger partial charge in [-0.2, -0.15) is 0 Å². The summed E-state index contributed by atoms with van der Waals surface area (Å²) in [4.78, 5) is 24.9. The van der Waals surface area contributed by atoms with E-state index in [2.05, 4.69) is 5.32 Å². The number of carbonyl (C=O) groups is 2. The van der Waals surface area contributed by atoms with Gasteiger partial charge in [0.25, 0.3) is 5.91 Å². The van der Waals surface area contributed by atoms with Crippen molar-refractivity contribution in [2.45, 2.75) is 22.8 Å². The molecule has 0 fully saturated rings. The van der Waals surface area contributed by atoms with Gasteiger partial charge in [0.2, 0.25) is 10.0 Å². The van der Waals surface area contributed by atoms with Crippen molar-refractivity contribution in [3.63, 3.8) is 0 Å². The maximum absolute atomic E-state index is 12.1. The van der Waals surface area contributed by atoms with Crippen LogP contribution in [0.4, 0.5) is 0 Å². The van der Waals surface area contributed by atoms with E-state index in [9.17, 15) is 18.0 Å². The third kappa shape index (κ3) is 5.81. The van der Waals surface area contributed by atoms with Crippen molar-refractivity contribution >= 4 is 33.7 Å². The number of esters is 1. The Hall–Kier alpha value is -2.36. The molecule has 2 aromatic rings. The summed E-state index contributed by atoms with van der Waals surface area (Å²) >= 11 is 1.42. The Bertz CT molecular complexity index is 927. The molecular formula is C18H20N2O5S2. The molecule has 0 unspecified atom stereocenters. The Morgan fingerprint density at radius 1 is 1.15 bits per heavy atom. The van der Waals surface area contributed by atoms with Gasteiger partial charge in [-0.15, -0.1) is 11.8 Å². The number of nitrogens with one attached hydrogen (secondary N) is 1. The lowest BCUT2D eigenvalue weighted by Crippen LogP contribution is -2.31. The second-order valence-corrected chi connectivity index (χ2v) is 8.09. The Labute approximate surface area is 162 Å². The molecule has 0 heterocycles. The number of thioether (sulfide) groups is 1. The lowest BCUT2D eigenvalue weighted by atomic mass is 10.1. The van der Waals surface area contributed by atoms with Gasteiger partial charge in [-0.1, -0.05) is 24.3 Å². The molecule has 9 heteroatoms. The van der Waals surface area contributed by atoms with Crippen LogP contribution in [-0.4, -0.2) is 33.2 Å². The lowest BCUT2D eigenvalue weighted by Gasteiger charge is -2.15. The normalized spacial score (nSPS) is 12.3. The zero-order valence-electron chi connectivity index (χ0n) is 14.8. The molecule has 1 atom stereocenters. The fourth-order valence-electron chi connectivity index (χ4n) is 2.33. The van der Waals surface area contributed by atoms with Crippen LogP contribution in [0.3, 0.4) is 0 Å². The highest BCUT2D eigenvalue weighted by Gasteiger charge is 2.16. The molecule has 27 heavy (non-hydrogen) atoms. The smallest absolute Gasteiger partial charge is 0.339 e. The topological polar surface area (TPSA) is 116 Å². The monoisotopic (exact) mass is 408 g/mol. The summed E-state index contributed by atoms with van der Waals surface area (Å²) in [6.07, 6.45) is 1.85. The zero-order valence-corrected chi connectivity index (χ0v) is 16.5. The molecule has 0 aliphatic heterocycles. The van der Waals surface area contributed by atoms with Crippen LogP contribution in [0.5, 0.6) is 0 Å². The third-order valence-corrected chi connectivity index (χ3v) is 5.47. The average Bonchev–Trinajstić information content (AvgIpc) is 2.65. The molecule has 2 rings (SSSR count). The number of sulfonamides is 1. The first kappa shape index (κ1) is 20.9. The first-order valence-corrected chi connectivity index (χ1v) is 10.7. The van der Waals surface area contributed by atoms with E-state index < -0.39 is 34.5 Å². The largest absolute Gasteiger partial charge is 0.452 e. The van der Waals surface area contributed by atoms with Crippen molar-refractivity contribution in [2.75, 3.05) is 12.9 Å². The van der Waals surface area contributed by atoms with Gasteiger partial charge in [-0.25, -0.2) is 18.4 Å². The van der Waals surface area contributed by atoms with Crippen molar-refractivity contribution in [3.05, 3.63) is 59.7 Å². The highest BCUT2D eigenvalue weighted by Crippen LogP contribution is 2.20. The maximum Gasteiger partial charge on any atom is 0.339 e. The van der Waals surface area contributed by atoms with Gasteiger partial charge in [0.15, 0.2) is 6.61 Å². The van der Waals surface area contributed by atoms with Gasteiger partial charge in [0, 0.05) is 4.90 Å². The van der Waals surface area contributed by atoms with Crippen LogP contribution in [0.2, 0.25) is 0 Å². The van der Waals surface area contributed by atoms with Crippen molar-refractivity contribution in [3.8, 4) is 0 Å². The molecule has 0 aliphatic rings. The molecule has 0 saturated heterocycles. The highest BCUT2D eigenvalue weighted by molar-refractivity contribution is 7.98. The fraction of sp³-hybridized carbons (Fsp3) is 0.222. The number of primary sulfonamides is 1. The summed E-state index contributed by atoms with van der Waals surface area (Å²) < 4.78 is 27.6. The molecule has 3 N–H and O–H groups in total. The summed E-state index contributed by atoms with van der Waals surface area (Å²) in [6, 6.07) is 12.4. The van der Waals surface area contributed by atoms with Crippen molar-refractivity contribution in [2.24, 2.45) is 5.14 Å². The summed E-state index contributed by atoms with van der Waals surface area (Å²) in [6.45, 7) is 1.32. The van der Waals surface area contributed by atoms with Gasteiger partial charge in [-0.05, 0) is 43.0 Å². The van der Waals surface area contributed by atoms with Gasteiger partial charge in [-0.3, -0.25) is 4.79 Å². The van der Waals surface area contributed by atoms with Crippen molar-refractivity contribution < 1.29 is 22.7 Å². The second-order valence-electron chi connectivity index (χ2n) is 5.68. The fourth-order valence-corrected chi connectivity index (χ4v) is 3.44.